The predicted molar refractivity (Wildman–Crippen MR) is 109 cm³/mol. The van der Waals surface area contributed by atoms with E-state index in [1.54, 1.807) is 50.4 Å². The van der Waals surface area contributed by atoms with Crippen molar-refractivity contribution in [2.24, 2.45) is 0 Å². The van der Waals surface area contributed by atoms with Crippen molar-refractivity contribution in [3.63, 3.8) is 0 Å². The first-order chi connectivity index (χ1) is 13.5. The molecule has 0 unspecified atom stereocenters. The van der Waals surface area contributed by atoms with Gasteiger partial charge in [-0.2, -0.15) is 0 Å². The maximum Gasteiger partial charge on any atom is 0.331 e. The van der Waals surface area contributed by atoms with Crippen LogP contribution < -0.4 is 9.47 Å². The molecule has 0 aliphatic carbocycles. The van der Waals surface area contributed by atoms with Crippen molar-refractivity contribution in [1.29, 1.82) is 0 Å². The van der Waals surface area contributed by atoms with E-state index < -0.39 is 12.1 Å². The maximum absolute atomic E-state index is 12.4. The second-order valence-electron chi connectivity index (χ2n) is 6.17. The van der Waals surface area contributed by atoms with Crippen LogP contribution in [0.2, 0.25) is 0 Å². The average molecular weight is 382 g/mol. The Bertz CT molecular complexity index is 837. The molecule has 0 fully saturated rings. The first-order valence-electron chi connectivity index (χ1n) is 9.31. The van der Waals surface area contributed by atoms with E-state index in [-0.39, 0.29) is 5.78 Å². The van der Waals surface area contributed by atoms with Crippen LogP contribution in [-0.4, -0.2) is 31.6 Å². The van der Waals surface area contributed by atoms with Gasteiger partial charge in [0, 0.05) is 11.6 Å². The third kappa shape index (κ3) is 5.71. The molecule has 0 aromatic heterocycles. The molecule has 2 rings (SSSR count). The number of ether oxygens (including phenoxy) is 3. The zero-order chi connectivity index (χ0) is 20.5. The average Bonchev–Trinajstić information content (AvgIpc) is 2.72. The van der Waals surface area contributed by atoms with Gasteiger partial charge in [0.1, 0.15) is 0 Å². The number of rotatable bonds is 9. The zero-order valence-electron chi connectivity index (χ0n) is 16.7. The van der Waals surface area contributed by atoms with Crippen LogP contribution in [0.3, 0.4) is 0 Å². The smallest absolute Gasteiger partial charge is 0.331 e. The molecule has 2 aromatic carbocycles. The van der Waals surface area contributed by atoms with E-state index in [9.17, 15) is 9.59 Å². The fraction of sp³-hybridized carbons (Fsp3) is 0.304. The lowest BCUT2D eigenvalue weighted by Crippen LogP contribution is -2.23. The lowest BCUT2D eigenvalue weighted by Gasteiger charge is -2.11. The summed E-state index contributed by atoms with van der Waals surface area (Å²) < 4.78 is 16.0. The van der Waals surface area contributed by atoms with E-state index in [0.717, 1.165) is 17.5 Å². The van der Waals surface area contributed by atoms with Crippen LogP contribution in [0.5, 0.6) is 11.5 Å². The Labute approximate surface area is 165 Å². The van der Waals surface area contributed by atoms with Gasteiger partial charge in [0.15, 0.2) is 17.6 Å². The van der Waals surface area contributed by atoms with E-state index in [4.69, 9.17) is 14.2 Å². The highest BCUT2D eigenvalue weighted by atomic mass is 16.5. The standard InChI is InChI=1S/C23H26O5/c1-5-17-7-11-19(12-8-17)23(25)16(3)28-22(24)14-10-18-9-13-20(27-6-2)21(15-18)26-4/h7-16H,5-6H2,1-4H3/b14-10+/t16-/m0/s1. The Balaban J connectivity index is 1.99. The molecule has 0 heterocycles. The number of esters is 1. The fourth-order valence-corrected chi connectivity index (χ4v) is 2.63. The Hall–Kier alpha value is -3.08. The highest BCUT2D eigenvalue weighted by Crippen LogP contribution is 2.28. The Morgan fingerprint density at radius 2 is 1.75 bits per heavy atom. The number of benzene rings is 2. The molecule has 2 aromatic rings. The van der Waals surface area contributed by atoms with Gasteiger partial charge in [-0.25, -0.2) is 4.79 Å². The molecule has 1 atom stereocenters. The molecule has 0 aliphatic rings. The van der Waals surface area contributed by atoms with Crippen molar-refractivity contribution < 1.29 is 23.8 Å². The Kier molecular flexibility index (Phi) is 7.81. The summed E-state index contributed by atoms with van der Waals surface area (Å²) >= 11 is 0. The van der Waals surface area contributed by atoms with Crippen LogP contribution in [0, 0.1) is 0 Å². The third-order valence-electron chi connectivity index (χ3n) is 4.21. The van der Waals surface area contributed by atoms with Crippen molar-refractivity contribution in [3.8, 4) is 11.5 Å². The number of methoxy groups -OCH3 is 1. The molecule has 0 saturated heterocycles. The lowest BCUT2D eigenvalue weighted by atomic mass is 10.0. The monoisotopic (exact) mass is 382 g/mol. The van der Waals surface area contributed by atoms with Crippen LogP contribution in [0.1, 0.15) is 42.3 Å². The van der Waals surface area contributed by atoms with Crippen LogP contribution in [0.25, 0.3) is 6.08 Å². The van der Waals surface area contributed by atoms with Crippen molar-refractivity contribution in [2.75, 3.05) is 13.7 Å². The van der Waals surface area contributed by atoms with Crippen LogP contribution in [-0.2, 0) is 16.0 Å². The number of aryl methyl sites for hydroxylation is 1. The van der Waals surface area contributed by atoms with Gasteiger partial charge < -0.3 is 14.2 Å². The predicted octanol–water partition coefficient (Wildman–Crippen LogP) is 4.48. The lowest BCUT2D eigenvalue weighted by molar-refractivity contribution is -0.140. The summed E-state index contributed by atoms with van der Waals surface area (Å²) in [6.45, 7) is 6.05. The van der Waals surface area contributed by atoms with Crippen LogP contribution in [0.15, 0.2) is 48.5 Å². The maximum atomic E-state index is 12.4. The van der Waals surface area contributed by atoms with Gasteiger partial charge in [0.05, 0.1) is 13.7 Å². The fourth-order valence-electron chi connectivity index (χ4n) is 2.63. The van der Waals surface area contributed by atoms with Crippen LogP contribution >= 0.6 is 0 Å². The van der Waals surface area contributed by atoms with Crippen molar-refractivity contribution in [3.05, 3.63) is 65.2 Å². The summed E-state index contributed by atoms with van der Waals surface area (Å²) in [6, 6.07) is 12.7. The van der Waals surface area contributed by atoms with E-state index in [2.05, 4.69) is 0 Å². The zero-order valence-corrected chi connectivity index (χ0v) is 16.7. The molecule has 0 spiro atoms. The molecule has 5 nitrogen and oxygen atoms in total. The quantitative estimate of drug-likeness (QED) is 0.363. The first kappa shape index (κ1) is 21.2. The second kappa shape index (κ2) is 10.3. The minimum absolute atomic E-state index is 0.230. The Morgan fingerprint density at radius 3 is 2.36 bits per heavy atom. The van der Waals surface area contributed by atoms with E-state index in [1.807, 2.05) is 26.0 Å². The SMILES string of the molecule is CCOc1ccc(/C=C/C(=O)O[C@@H](C)C(=O)c2ccc(CC)cc2)cc1OC. The van der Waals surface area contributed by atoms with Gasteiger partial charge in [0.25, 0.3) is 0 Å². The van der Waals surface area contributed by atoms with E-state index >= 15 is 0 Å². The number of hydrogen-bond acceptors (Lipinski definition) is 5. The van der Waals surface area contributed by atoms with Gasteiger partial charge in [-0.3, -0.25) is 4.79 Å². The van der Waals surface area contributed by atoms with Crippen molar-refractivity contribution in [2.45, 2.75) is 33.3 Å². The van der Waals surface area contributed by atoms with Gasteiger partial charge in [-0.1, -0.05) is 37.3 Å². The number of carbonyl (C=O) groups excluding carboxylic acids is 2. The van der Waals surface area contributed by atoms with E-state index in [1.165, 1.54) is 6.08 Å². The van der Waals surface area contributed by atoms with Crippen molar-refractivity contribution in [1.82, 2.24) is 0 Å². The molecule has 0 amide bonds. The molecular weight excluding hydrogens is 356 g/mol. The summed E-state index contributed by atoms with van der Waals surface area (Å²) in [5.41, 5.74) is 2.43. The van der Waals surface area contributed by atoms with Crippen LogP contribution in [0.4, 0.5) is 0 Å². The van der Waals surface area contributed by atoms with Crippen molar-refractivity contribution >= 4 is 17.8 Å². The number of hydrogen-bond donors (Lipinski definition) is 0. The highest BCUT2D eigenvalue weighted by Gasteiger charge is 2.18. The summed E-state index contributed by atoms with van der Waals surface area (Å²) in [6.07, 6.45) is 2.94. The topological polar surface area (TPSA) is 61.8 Å². The van der Waals surface area contributed by atoms with Gasteiger partial charge in [-0.15, -0.1) is 0 Å². The molecule has 0 N–H and O–H groups in total. The highest BCUT2D eigenvalue weighted by molar-refractivity contribution is 6.01. The molecule has 0 bridgehead atoms. The minimum atomic E-state index is -0.862. The minimum Gasteiger partial charge on any atom is -0.493 e. The number of ketones is 1. The largest absolute Gasteiger partial charge is 0.493 e. The second-order valence-corrected chi connectivity index (χ2v) is 6.17. The summed E-state index contributed by atoms with van der Waals surface area (Å²) in [5.74, 6) is 0.403. The van der Waals surface area contributed by atoms with Gasteiger partial charge >= 0.3 is 5.97 Å². The normalized spacial score (nSPS) is 11.9. The first-order valence-corrected chi connectivity index (χ1v) is 9.31. The third-order valence-corrected chi connectivity index (χ3v) is 4.21. The molecule has 148 valence electrons. The summed E-state index contributed by atoms with van der Waals surface area (Å²) in [4.78, 5) is 24.5. The molecule has 0 radical (unpaired) electrons. The molecule has 0 aliphatic heterocycles. The molecular formula is C23H26O5. The Morgan fingerprint density at radius 1 is 1.04 bits per heavy atom. The van der Waals surface area contributed by atoms with Gasteiger partial charge in [0.2, 0.25) is 5.78 Å². The van der Waals surface area contributed by atoms with E-state index in [0.29, 0.717) is 23.7 Å². The summed E-state index contributed by atoms with van der Waals surface area (Å²) in [5, 5.41) is 0. The molecule has 0 saturated carbocycles. The molecule has 28 heavy (non-hydrogen) atoms. The molecule has 5 heteroatoms. The number of Topliss-reactive ketones (excluding diaryl/α,β-unsaturated/α-hetero) is 1. The number of carbonyl (C=O) groups is 2. The summed E-state index contributed by atoms with van der Waals surface area (Å²) in [7, 11) is 1.56. The van der Waals surface area contributed by atoms with Gasteiger partial charge in [-0.05, 0) is 49.6 Å².